The lowest BCUT2D eigenvalue weighted by atomic mass is 10.1. The van der Waals surface area contributed by atoms with Crippen molar-refractivity contribution in [2.45, 2.75) is 20.4 Å². The summed E-state index contributed by atoms with van der Waals surface area (Å²) in [7, 11) is 0. The second-order valence-electron chi connectivity index (χ2n) is 4.15. The molecule has 0 saturated heterocycles. The summed E-state index contributed by atoms with van der Waals surface area (Å²) in [6.45, 7) is 4.17. The number of carbonyl (C=O) groups excluding carboxylic acids is 1. The summed E-state index contributed by atoms with van der Waals surface area (Å²) in [5.74, 6) is -0.366. The van der Waals surface area contributed by atoms with E-state index in [1.165, 1.54) is 23.1 Å². The van der Waals surface area contributed by atoms with Gasteiger partial charge in [-0.15, -0.1) is 0 Å². The molecule has 0 bridgehead atoms. The summed E-state index contributed by atoms with van der Waals surface area (Å²) in [4.78, 5) is 13.2. The number of Topliss-reactive ketones (excluding diaryl/α,β-unsaturated/α-hetero) is 1. The molecule has 1 aromatic heterocycles. The van der Waals surface area contributed by atoms with Crippen LogP contribution >= 0.6 is 11.3 Å². The Morgan fingerprint density at radius 3 is 2.26 bits per heavy atom. The first-order chi connectivity index (χ1) is 8.47. The molecule has 0 aliphatic heterocycles. The number of benzene rings is 1. The molecule has 2 aromatic rings. The number of thiazole rings is 1. The van der Waals surface area contributed by atoms with Crippen molar-refractivity contribution < 1.29 is 36.6 Å². The minimum Gasteiger partial charge on any atom is -1.00 e. The summed E-state index contributed by atoms with van der Waals surface area (Å²) in [5, 5.41) is 18.7. The number of aromatic nitrogens is 1. The maximum atomic E-state index is 12.0. The minimum absolute atomic E-state index is 0. The summed E-state index contributed by atoms with van der Waals surface area (Å²) in [5.41, 5.74) is 3.26. The van der Waals surface area contributed by atoms with Crippen LogP contribution in [-0.2, 0) is 6.54 Å². The molecule has 0 amide bonds. The van der Waals surface area contributed by atoms with Crippen LogP contribution in [0.25, 0.3) is 0 Å². The minimum atomic E-state index is -0.146. The fourth-order valence-electron chi connectivity index (χ4n) is 1.67. The maximum Gasteiger partial charge on any atom is 0.227 e. The average Bonchev–Trinajstić information content (AvgIpc) is 2.59. The predicted octanol–water partition coefficient (Wildman–Crippen LogP) is -1.05. The van der Waals surface area contributed by atoms with E-state index >= 15 is 0 Å². The number of ketones is 1. The summed E-state index contributed by atoms with van der Waals surface area (Å²) in [6, 6.07) is 3.91. The van der Waals surface area contributed by atoms with Gasteiger partial charge in [-0.1, -0.05) is 11.3 Å². The number of hydrogen-bond acceptors (Lipinski definition) is 4. The third-order valence-corrected chi connectivity index (χ3v) is 3.84. The number of aryl methyl sites for hydroxylation is 1. The highest BCUT2D eigenvalue weighted by Crippen LogP contribution is 2.20. The van der Waals surface area contributed by atoms with Gasteiger partial charge in [0.05, 0.1) is 4.88 Å². The van der Waals surface area contributed by atoms with Crippen LogP contribution in [-0.4, -0.2) is 16.0 Å². The quantitative estimate of drug-likeness (QED) is 0.552. The first-order valence-electron chi connectivity index (χ1n) is 5.47. The topological polar surface area (TPSA) is 61.4 Å². The van der Waals surface area contributed by atoms with Gasteiger partial charge in [0.2, 0.25) is 17.8 Å². The second-order valence-corrected chi connectivity index (χ2v) is 5.21. The lowest BCUT2D eigenvalue weighted by Gasteiger charge is -2.00. The molecule has 1 aromatic carbocycles. The van der Waals surface area contributed by atoms with Crippen molar-refractivity contribution >= 4 is 17.1 Å². The lowest BCUT2D eigenvalue weighted by Crippen LogP contribution is -3.00. The van der Waals surface area contributed by atoms with Crippen molar-refractivity contribution in [3.05, 3.63) is 39.8 Å². The zero-order valence-electron chi connectivity index (χ0n) is 10.6. The van der Waals surface area contributed by atoms with Crippen LogP contribution in [0.4, 0.5) is 0 Å². The van der Waals surface area contributed by atoms with Crippen LogP contribution < -0.4 is 21.5 Å². The number of rotatable bonds is 3. The van der Waals surface area contributed by atoms with E-state index in [2.05, 4.69) is 0 Å². The molecule has 0 unspecified atom stereocenters. The molecule has 1 heterocycles. The fraction of sp³-hybridized carbons (Fsp3) is 0.231. The molecule has 0 fully saturated rings. The zero-order valence-corrected chi connectivity index (χ0v) is 13.0. The molecule has 0 radical (unpaired) electrons. The van der Waals surface area contributed by atoms with Gasteiger partial charge in [0, 0.05) is 18.6 Å². The van der Waals surface area contributed by atoms with Crippen molar-refractivity contribution in [3.8, 4) is 11.5 Å². The van der Waals surface area contributed by atoms with Gasteiger partial charge in [-0.25, -0.2) is 0 Å². The molecule has 0 aliphatic rings. The van der Waals surface area contributed by atoms with Gasteiger partial charge in [-0.05, 0) is 19.1 Å². The van der Waals surface area contributed by atoms with Crippen LogP contribution in [0.5, 0.6) is 11.5 Å². The molecule has 2 rings (SSSR count). The maximum absolute atomic E-state index is 12.0. The van der Waals surface area contributed by atoms with Crippen molar-refractivity contribution in [1.29, 1.82) is 0 Å². The number of phenols is 2. The molecule has 0 spiro atoms. The summed E-state index contributed by atoms with van der Waals surface area (Å²) < 4.78 is 1.86. The molecule has 102 valence electrons. The SMILES string of the molecule is Cc1sc[n+](CC(=O)c2cc(O)cc(O)c2)c1C.[Br-]. The normalized spacial score (nSPS) is 10.0. The van der Waals surface area contributed by atoms with Crippen LogP contribution in [0.15, 0.2) is 23.7 Å². The molecule has 0 saturated carbocycles. The molecule has 2 N–H and O–H groups in total. The number of phenolic OH excluding ortho intramolecular Hbond substituents is 2. The number of nitrogens with zero attached hydrogens (tertiary/aromatic N) is 1. The van der Waals surface area contributed by atoms with E-state index in [9.17, 15) is 15.0 Å². The number of hydrogen-bond donors (Lipinski definition) is 2. The Bertz CT molecular complexity index is 590. The van der Waals surface area contributed by atoms with Crippen molar-refractivity contribution in [3.63, 3.8) is 0 Å². The number of aromatic hydroxyl groups is 2. The summed E-state index contributed by atoms with van der Waals surface area (Å²) in [6.07, 6.45) is 0. The fourth-order valence-corrected chi connectivity index (χ4v) is 2.47. The molecular weight excluding hydrogens is 330 g/mol. The first-order valence-corrected chi connectivity index (χ1v) is 6.35. The van der Waals surface area contributed by atoms with E-state index in [1.807, 2.05) is 23.9 Å². The van der Waals surface area contributed by atoms with Crippen LogP contribution in [0.2, 0.25) is 0 Å². The monoisotopic (exact) mass is 343 g/mol. The Morgan fingerprint density at radius 1 is 1.21 bits per heavy atom. The van der Waals surface area contributed by atoms with E-state index in [-0.39, 0.29) is 40.8 Å². The Morgan fingerprint density at radius 2 is 1.79 bits per heavy atom. The highest BCUT2D eigenvalue weighted by Gasteiger charge is 2.18. The molecule has 0 atom stereocenters. The standard InChI is InChI=1S/C13H13NO3S.BrH/c1-8-9(2)18-7-14(8)6-13(17)10-3-11(15)5-12(16)4-10;/h3-5,7H,6H2,1-2H3,(H-,15,16);1H. The molecule has 0 aliphatic carbocycles. The van der Waals surface area contributed by atoms with Crippen LogP contribution in [0, 0.1) is 13.8 Å². The Labute approximate surface area is 125 Å². The van der Waals surface area contributed by atoms with Crippen molar-refractivity contribution in [1.82, 2.24) is 0 Å². The van der Waals surface area contributed by atoms with E-state index < -0.39 is 0 Å². The molecule has 4 nitrogen and oxygen atoms in total. The van der Waals surface area contributed by atoms with Gasteiger partial charge >= 0.3 is 0 Å². The highest BCUT2D eigenvalue weighted by atomic mass is 79.9. The van der Waals surface area contributed by atoms with Gasteiger partial charge < -0.3 is 27.2 Å². The largest absolute Gasteiger partial charge is 1.00 e. The van der Waals surface area contributed by atoms with E-state index in [0.29, 0.717) is 5.56 Å². The Kier molecular flexibility index (Phi) is 5.08. The van der Waals surface area contributed by atoms with Gasteiger partial charge in [0.15, 0.2) is 5.69 Å². The Balaban J connectivity index is 0.00000180. The van der Waals surface area contributed by atoms with Gasteiger partial charge in [0.25, 0.3) is 0 Å². The lowest BCUT2D eigenvalue weighted by molar-refractivity contribution is -0.684. The molecule has 6 heteroatoms. The van der Waals surface area contributed by atoms with Crippen molar-refractivity contribution in [2.24, 2.45) is 0 Å². The van der Waals surface area contributed by atoms with Gasteiger partial charge in [-0.3, -0.25) is 4.79 Å². The first kappa shape index (κ1) is 15.7. The summed E-state index contributed by atoms with van der Waals surface area (Å²) >= 11 is 1.59. The number of halogens is 1. The molecular formula is C13H14BrNO3S. The van der Waals surface area contributed by atoms with E-state index in [4.69, 9.17) is 0 Å². The average molecular weight is 344 g/mol. The molecule has 19 heavy (non-hydrogen) atoms. The zero-order chi connectivity index (χ0) is 13.3. The van der Waals surface area contributed by atoms with Crippen LogP contribution in [0.1, 0.15) is 20.9 Å². The Hall–Kier alpha value is -1.40. The smallest absolute Gasteiger partial charge is 0.227 e. The number of carbonyl (C=O) groups is 1. The third kappa shape index (κ3) is 3.54. The van der Waals surface area contributed by atoms with Gasteiger partial charge in [0.1, 0.15) is 11.5 Å². The van der Waals surface area contributed by atoms with E-state index in [1.54, 1.807) is 11.3 Å². The highest BCUT2D eigenvalue weighted by molar-refractivity contribution is 7.09. The van der Waals surface area contributed by atoms with Gasteiger partial charge in [-0.2, -0.15) is 4.57 Å². The van der Waals surface area contributed by atoms with Crippen LogP contribution in [0.3, 0.4) is 0 Å². The van der Waals surface area contributed by atoms with E-state index in [0.717, 1.165) is 5.69 Å². The second kappa shape index (κ2) is 6.16. The third-order valence-electron chi connectivity index (χ3n) is 2.84. The predicted molar refractivity (Wildman–Crippen MR) is 68.1 cm³/mol. The van der Waals surface area contributed by atoms with Crippen molar-refractivity contribution in [2.75, 3.05) is 0 Å².